The SMILES string of the molecule is O=C1NC(=O)C(Cn2cc3cc(OCCCO)c(F)cc3c2O)(c2ccc(F)cc2)N1. The number of ether oxygens (including phenoxy) is 1. The molecule has 162 valence electrons. The molecular weight excluding hydrogens is 412 g/mol. The molecule has 2 heterocycles. The Morgan fingerprint density at radius 3 is 2.52 bits per heavy atom. The summed E-state index contributed by atoms with van der Waals surface area (Å²) in [6.45, 7) is -0.204. The van der Waals surface area contributed by atoms with Crippen molar-refractivity contribution in [2.75, 3.05) is 13.2 Å². The third kappa shape index (κ3) is 3.66. The lowest BCUT2D eigenvalue weighted by Crippen LogP contribution is -2.47. The van der Waals surface area contributed by atoms with Gasteiger partial charge in [0.1, 0.15) is 5.82 Å². The highest BCUT2D eigenvalue weighted by Crippen LogP contribution is 2.36. The first-order chi connectivity index (χ1) is 14.8. The minimum atomic E-state index is -1.60. The number of fused-ring (bicyclic) bond motifs is 1. The van der Waals surface area contributed by atoms with Crippen molar-refractivity contribution < 1.29 is 33.3 Å². The molecule has 0 aliphatic carbocycles. The normalized spacial score (nSPS) is 18.3. The number of benzene rings is 2. The fraction of sp³-hybridized carbons (Fsp3) is 0.238. The molecule has 4 N–H and O–H groups in total. The van der Waals surface area contributed by atoms with Crippen molar-refractivity contribution in [1.82, 2.24) is 15.2 Å². The molecule has 0 saturated carbocycles. The molecule has 1 unspecified atom stereocenters. The van der Waals surface area contributed by atoms with Gasteiger partial charge in [-0.25, -0.2) is 13.6 Å². The quantitative estimate of drug-likeness (QED) is 0.338. The third-order valence-corrected chi connectivity index (χ3v) is 5.16. The van der Waals surface area contributed by atoms with Crippen molar-refractivity contribution in [2.24, 2.45) is 0 Å². The minimum Gasteiger partial charge on any atom is -0.494 e. The van der Waals surface area contributed by atoms with Crippen LogP contribution < -0.4 is 15.4 Å². The van der Waals surface area contributed by atoms with Crippen LogP contribution in [-0.4, -0.2) is 39.9 Å². The first-order valence-electron chi connectivity index (χ1n) is 9.49. The highest BCUT2D eigenvalue weighted by molar-refractivity contribution is 6.07. The zero-order valence-corrected chi connectivity index (χ0v) is 16.2. The lowest BCUT2D eigenvalue weighted by atomic mass is 9.89. The Bertz CT molecular complexity index is 1160. The second-order valence-electron chi connectivity index (χ2n) is 7.20. The summed E-state index contributed by atoms with van der Waals surface area (Å²) in [6.07, 6.45) is 1.82. The molecule has 0 spiro atoms. The van der Waals surface area contributed by atoms with Gasteiger partial charge in [-0.2, -0.15) is 0 Å². The summed E-state index contributed by atoms with van der Waals surface area (Å²) in [6, 6.07) is 6.83. The smallest absolute Gasteiger partial charge is 0.322 e. The van der Waals surface area contributed by atoms with E-state index in [1.54, 1.807) is 0 Å². The first kappa shape index (κ1) is 20.6. The number of urea groups is 1. The summed E-state index contributed by atoms with van der Waals surface area (Å²) in [7, 11) is 0. The van der Waals surface area contributed by atoms with Crippen LogP contribution in [0.2, 0.25) is 0 Å². The van der Waals surface area contributed by atoms with E-state index in [1.807, 2.05) is 0 Å². The van der Waals surface area contributed by atoms with E-state index in [9.17, 15) is 23.5 Å². The Morgan fingerprint density at radius 1 is 1.13 bits per heavy atom. The van der Waals surface area contributed by atoms with Gasteiger partial charge in [-0.3, -0.25) is 10.1 Å². The molecule has 4 rings (SSSR count). The summed E-state index contributed by atoms with van der Waals surface area (Å²) >= 11 is 0. The van der Waals surface area contributed by atoms with E-state index < -0.39 is 29.1 Å². The van der Waals surface area contributed by atoms with E-state index in [4.69, 9.17) is 9.84 Å². The number of nitrogens with zero attached hydrogens (tertiary/aromatic N) is 1. The van der Waals surface area contributed by atoms with Crippen LogP contribution in [-0.2, 0) is 16.9 Å². The van der Waals surface area contributed by atoms with Crippen LogP contribution in [0, 0.1) is 11.6 Å². The van der Waals surface area contributed by atoms with Crippen LogP contribution >= 0.6 is 0 Å². The van der Waals surface area contributed by atoms with E-state index in [0.29, 0.717) is 17.4 Å². The van der Waals surface area contributed by atoms with E-state index >= 15 is 0 Å². The highest BCUT2D eigenvalue weighted by Gasteiger charge is 2.48. The molecule has 1 aliphatic rings. The lowest BCUT2D eigenvalue weighted by molar-refractivity contribution is -0.124. The second-order valence-corrected chi connectivity index (χ2v) is 7.20. The van der Waals surface area contributed by atoms with Crippen molar-refractivity contribution in [3.63, 3.8) is 0 Å². The topological polar surface area (TPSA) is 113 Å². The van der Waals surface area contributed by atoms with E-state index in [-0.39, 0.29) is 36.8 Å². The summed E-state index contributed by atoms with van der Waals surface area (Å²) < 4.78 is 34.4. The summed E-state index contributed by atoms with van der Waals surface area (Å²) in [5.74, 6) is -2.23. The number of hydrogen-bond acceptors (Lipinski definition) is 5. The molecule has 1 aromatic heterocycles. The molecule has 31 heavy (non-hydrogen) atoms. The zero-order valence-electron chi connectivity index (χ0n) is 16.2. The standard InChI is InChI=1S/C21H19F2N3O5/c22-14-4-2-13(3-5-14)21(19(29)24-20(30)25-21)11-26-10-12-8-17(31-7-1-6-27)16(23)9-15(12)18(26)28/h2-5,8-10,27-28H,1,6-7,11H2,(H2,24,25,29,30). The van der Waals surface area contributed by atoms with Crippen molar-refractivity contribution >= 4 is 22.7 Å². The van der Waals surface area contributed by atoms with Gasteiger partial charge in [0.05, 0.1) is 13.2 Å². The molecule has 1 atom stereocenters. The van der Waals surface area contributed by atoms with Gasteiger partial charge in [0.15, 0.2) is 23.0 Å². The van der Waals surface area contributed by atoms with Gasteiger partial charge >= 0.3 is 6.03 Å². The lowest BCUT2D eigenvalue weighted by Gasteiger charge is -2.27. The average molecular weight is 431 g/mol. The number of imide groups is 1. The molecule has 1 saturated heterocycles. The van der Waals surface area contributed by atoms with Gasteiger partial charge in [-0.05, 0) is 29.8 Å². The first-order valence-corrected chi connectivity index (χ1v) is 9.49. The molecule has 1 fully saturated rings. The molecule has 3 amide bonds. The van der Waals surface area contributed by atoms with Crippen molar-refractivity contribution in [1.29, 1.82) is 0 Å². The number of aliphatic hydroxyl groups is 1. The van der Waals surface area contributed by atoms with E-state index in [0.717, 1.165) is 18.2 Å². The Kier molecular flexibility index (Phi) is 5.24. The number of aromatic nitrogens is 1. The third-order valence-electron chi connectivity index (χ3n) is 5.16. The molecule has 0 radical (unpaired) electrons. The van der Waals surface area contributed by atoms with Gasteiger partial charge in [0.2, 0.25) is 0 Å². The highest BCUT2D eigenvalue weighted by atomic mass is 19.1. The predicted molar refractivity (Wildman–Crippen MR) is 106 cm³/mol. The van der Waals surface area contributed by atoms with E-state index in [2.05, 4.69) is 10.6 Å². The number of aromatic hydroxyl groups is 1. The number of nitrogens with one attached hydrogen (secondary N) is 2. The maximum absolute atomic E-state index is 14.4. The fourth-order valence-electron chi connectivity index (χ4n) is 3.62. The fourth-order valence-corrected chi connectivity index (χ4v) is 3.62. The Morgan fingerprint density at radius 2 is 1.87 bits per heavy atom. The van der Waals surface area contributed by atoms with Crippen LogP contribution in [0.25, 0.3) is 10.8 Å². The van der Waals surface area contributed by atoms with E-state index in [1.165, 1.54) is 29.0 Å². The van der Waals surface area contributed by atoms with Crippen LogP contribution in [0.15, 0.2) is 42.6 Å². The van der Waals surface area contributed by atoms with Gasteiger partial charge in [-0.1, -0.05) is 12.1 Å². The molecule has 0 bridgehead atoms. The zero-order chi connectivity index (χ0) is 22.2. The molecule has 10 heteroatoms. The summed E-state index contributed by atoms with van der Waals surface area (Å²) in [4.78, 5) is 24.6. The van der Waals surface area contributed by atoms with Crippen LogP contribution in [0.4, 0.5) is 13.6 Å². The monoisotopic (exact) mass is 431 g/mol. The molecule has 1 aliphatic heterocycles. The van der Waals surface area contributed by atoms with Gasteiger partial charge in [0.25, 0.3) is 5.91 Å². The minimum absolute atomic E-state index is 0.0433. The molecule has 3 aromatic rings. The number of amides is 3. The number of rotatable bonds is 7. The van der Waals surface area contributed by atoms with Gasteiger partial charge in [0, 0.05) is 30.0 Å². The molecular formula is C21H19F2N3O5. The molecule has 8 nitrogen and oxygen atoms in total. The number of aliphatic hydroxyl groups excluding tert-OH is 1. The maximum atomic E-state index is 14.4. The Hall–Kier alpha value is -3.66. The molecule has 2 aromatic carbocycles. The van der Waals surface area contributed by atoms with Crippen LogP contribution in [0.3, 0.4) is 0 Å². The number of halogens is 2. The Balaban J connectivity index is 1.74. The maximum Gasteiger partial charge on any atom is 0.322 e. The number of carbonyl (C=O) groups is 2. The summed E-state index contributed by atoms with van der Waals surface area (Å²) in [5, 5.41) is 24.8. The van der Waals surface area contributed by atoms with Gasteiger partial charge in [-0.15, -0.1) is 0 Å². The number of carbonyl (C=O) groups excluding carboxylic acids is 2. The Labute approximate surface area is 175 Å². The van der Waals surface area contributed by atoms with Gasteiger partial charge < -0.3 is 24.8 Å². The van der Waals surface area contributed by atoms with Crippen molar-refractivity contribution in [3.05, 3.63) is 59.8 Å². The number of hydrogen-bond donors (Lipinski definition) is 4. The summed E-state index contributed by atoms with van der Waals surface area (Å²) in [5.41, 5.74) is -1.29. The van der Waals surface area contributed by atoms with Crippen LogP contribution in [0.5, 0.6) is 11.6 Å². The second kappa shape index (κ2) is 7.88. The van der Waals surface area contributed by atoms with Crippen LogP contribution in [0.1, 0.15) is 12.0 Å². The van der Waals surface area contributed by atoms with Crippen molar-refractivity contribution in [3.8, 4) is 11.6 Å². The largest absolute Gasteiger partial charge is 0.494 e. The average Bonchev–Trinajstić information content (AvgIpc) is 3.19. The van der Waals surface area contributed by atoms with Crippen molar-refractivity contribution in [2.45, 2.75) is 18.5 Å². The predicted octanol–water partition coefficient (Wildman–Crippen LogP) is 2.12.